The number of nitrogens with zero attached hydrogens (tertiary/aromatic N) is 4. The Morgan fingerprint density at radius 1 is 1.10 bits per heavy atom. The minimum absolute atomic E-state index is 0.763. The number of para-hydroxylation sites is 2. The smallest absolute Gasteiger partial charge is 0.188 e. The number of hydrogen-bond acceptors (Lipinski definition) is 6. The first-order chi connectivity index (χ1) is 10.1. The molecule has 0 aliphatic heterocycles. The maximum absolute atomic E-state index is 4.62. The van der Waals surface area contributed by atoms with Gasteiger partial charge in [0.2, 0.25) is 0 Å². The lowest BCUT2D eigenvalue weighted by atomic mass is 10.3. The summed E-state index contributed by atoms with van der Waals surface area (Å²) in [6.07, 6.45) is 0. The molecule has 0 saturated heterocycles. The van der Waals surface area contributed by atoms with Crippen molar-refractivity contribution in [1.29, 1.82) is 0 Å². The highest BCUT2D eigenvalue weighted by Crippen LogP contribution is 2.23. The predicted molar refractivity (Wildman–Crippen MR) is 87.1 cm³/mol. The average molecular weight is 299 g/mol. The molecule has 5 nitrogen and oxygen atoms in total. The van der Waals surface area contributed by atoms with E-state index in [-0.39, 0.29) is 0 Å². The predicted octanol–water partition coefficient (Wildman–Crippen LogP) is 3.20. The van der Waals surface area contributed by atoms with Crippen molar-refractivity contribution in [1.82, 2.24) is 19.9 Å². The summed E-state index contributed by atoms with van der Waals surface area (Å²) in [5.74, 6) is 0.763. The van der Waals surface area contributed by atoms with Gasteiger partial charge in [0.1, 0.15) is 0 Å². The lowest BCUT2D eigenvalue weighted by Crippen LogP contribution is -2.10. The Hall–Kier alpha value is -2.05. The number of nitrogens with one attached hydrogen (secondary N) is 1. The van der Waals surface area contributed by atoms with E-state index in [4.69, 9.17) is 0 Å². The van der Waals surface area contributed by atoms with Crippen LogP contribution in [-0.2, 0) is 6.54 Å². The zero-order chi connectivity index (χ0) is 14.8. The fourth-order valence-corrected chi connectivity index (χ4v) is 2.77. The summed E-state index contributed by atoms with van der Waals surface area (Å²) in [6.45, 7) is 2.79. The molecule has 108 valence electrons. The van der Waals surface area contributed by atoms with E-state index in [1.807, 2.05) is 45.3 Å². The van der Waals surface area contributed by atoms with Crippen LogP contribution in [0.15, 0.2) is 29.6 Å². The van der Waals surface area contributed by atoms with Crippen molar-refractivity contribution in [2.75, 3.05) is 19.4 Å². The van der Waals surface area contributed by atoms with Crippen molar-refractivity contribution < 1.29 is 0 Å². The van der Waals surface area contributed by atoms with Crippen LogP contribution in [-0.4, -0.2) is 33.9 Å². The molecule has 0 bridgehead atoms. The molecule has 0 unspecified atom stereocenters. The molecular weight excluding hydrogens is 282 g/mol. The fraction of sp³-hybridized carbons (Fsp3) is 0.267. The fourth-order valence-electron chi connectivity index (χ4n) is 2.07. The maximum atomic E-state index is 4.62. The van der Waals surface area contributed by atoms with Crippen LogP contribution in [0.25, 0.3) is 11.0 Å². The van der Waals surface area contributed by atoms with Gasteiger partial charge in [-0.05, 0) is 33.2 Å². The van der Waals surface area contributed by atoms with Gasteiger partial charge in [0.15, 0.2) is 10.9 Å². The number of rotatable bonds is 4. The van der Waals surface area contributed by atoms with E-state index in [2.05, 4.69) is 30.5 Å². The number of hydrogen-bond donors (Lipinski definition) is 1. The lowest BCUT2D eigenvalue weighted by molar-refractivity contribution is 0.398. The molecule has 0 fully saturated rings. The van der Waals surface area contributed by atoms with E-state index >= 15 is 0 Å². The molecule has 0 amide bonds. The van der Waals surface area contributed by atoms with Crippen LogP contribution in [0.5, 0.6) is 0 Å². The van der Waals surface area contributed by atoms with Gasteiger partial charge in [-0.15, -0.1) is 11.3 Å². The number of fused-ring (bicyclic) bond motifs is 1. The van der Waals surface area contributed by atoms with Gasteiger partial charge < -0.3 is 10.2 Å². The Kier molecular flexibility index (Phi) is 3.81. The Balaban J connectivity index is 1.87. The lowest BCUT2D eigenvalue weighted by Gasteiger charge is -2.07. The number of benzene rings is 1. The maximum Gasteiger partial charge on any atom is 0.188 e. The summed E-state index contributed by atoms with van der Waals surface area (Å²) in [6, 6.07) is 7.87. The molecule has 6 heteroatoms. The van der Waals surface area contributed by atoms with E-state index in [0.717, 1.165) is 39.9 Å². The molecule has 1 N–H and O–H groups in total. The Morgan fingerprint density at radius 2 is 1.81 bits per heavy atom. The van der Waals surface area contributed by atoms with E-state index in [9.17, 15) is 0 Å². The van der Waals surface area contributed by atoms with Crippen molar-refractivity contribution in [3.63, 3.8) is 0 Å². The average Bonchev–Trinajstić information content (AvgIpc) is 2.86. The van der Waals surface area contributed by atoms with Crippen LogP contribution >= 0.6 is 11.3 Å². The Labute approximate surface area is 127 Å². The quantitative estimate of drug-likeness (QED) is 0.802. The highest BCUT2D eigenvalue weighted by Gasteiger charge is 2.08. The molecule has 2 aromatic heterocycles. The zero-order valence-corrected chi connectivity index (χ0v) is 13.1. The first-order valence-electron chi connectivity index (χ1n) is 6.71. The third kappa shape index (κ3) is 3.17. The van der Waals surface area contributed by atoms with E-state index in [1.54, 1.807) is 11.3 Å². The van der Waals surface area contributed by atoms with Gasteiger partial charge >= 0.3 is 0 Å². The second-order valence-corrected chi connectivity index (χ2v) is 6.01. The molecule has 0 saturated carbocycles. The summed E-state index contributed by atoms with van der Waals surface area (Å²) in [5.41, 5.74) is 3.72. The standard InChI is InChI=1S/C15H17N5S/c1-10-14(18-13-7-5-4-6-12(13)16-10)19-15-17-11(9-21-15)8-20(2)3/h4-7,9H,8H2,1-3H3,(H,17,18,19). The third-order valence-electron chi connectivity index (χ3n) is 3.00. The molecule has 3 rings (SSSR count). The van der Waals surface area contributed by atoms with Crippen molar-refractivity contribution in [2.24, 2.45) is 0 Å². The largest absolute Gasteiger partial charge is 0.315 e. The monoisotopic (exact) mass is 299 g/mol. The van der Waals surface area contributed by atoms with Gasteiger partial charge in [-0.1, -0.05) is 12.1 Å². The van der Waals surface area contributed by atoms with Crippen LogP contribution in [0.3, 0.4) is 0 Å². The molecule has 1 aromatic carbocycles. The van der Waals surface area contributed by atoms with Crippen LogP contribution in [0, 0.1) is 6.92 Å². The molecule has 0 spiro atoms. The topological polar surface area (TPSA) is 53.9 Å². The summed E-state index contributed by atoms with van der Waals surface area (Å²) >= 11 is 1.58. The summed E-state index contributed by atoms with van der Waals surface area (Å²) in [5, 5.41) is 6.18. The number of anilines is 2. The first kappa shape index (κ1) is 13.9. The van der Waals surface area contributed by atoms with Crippen LogP contribution in [0.4, 0.5) is 10.9 Å². The molecule has 21 heavy (non-hydrogen) atoms. The summed E-state index contributed by atoms with van der Waals surface area (Å²) in [4.78, 5) is 15.9. The molecule has 2 heterocycles. The minimum Gasteiger partial charge on any atom is -0.315 e. The van der Waals surface area contributed by atoms with Gasteiger partial charge in [0, 0.05) is 11.9 Å². The molecular formula is C15H17N5S. The number of thiazole rings is 1. The second-order valence-electron chi connectivity index (χ2n) is 5.15. The molecule has 0 aliphatic rings. The van der Waals surface area contributed by atoms with Crippen molar-refractivity contribution in [2.45, 2.75) is 13.5 Å². The van der Waals surface area contributed by atoms with Crippen LogP contribution < -0.4 is 5.32 Å². The third-order valence-corrected chi connectivity index (χ3v) is 3.81. The Bertz CT molecular complexity index is 766. The van der Waals surface area contributed by atoms with Gasteiger partial charge in [-0.2, -0.15) is 0 Å². The van der Waals surface area contributed by atoms with Crippen LogP contribution in [0.2, 0.25) is 0 Å². The van der Waals surface area contributed by atoms with Gasteiger partial charge in [-0.25, -0.2) is 15.0 Å². The number of aryl methyl sites for hydroxylation is 1. The van der Waals surface area contributed by atoms with Crippen molar-refractivity contribution >= 4 is 33.3 Å². The highest BCUT2D eigenvalue weighted by molar-refractivity contribution is 7.13. The molecule has 0 radical (unpaired) electrons. The summed E-state index contributed by atoms with van der Waals surface area (Å²) in [7, 11) is 4.07. The van der Waals surface area contributed by atoms with Gasteiger partial charge in [-0.3, -0.25) is 0 Å². The Morgan fingerprint density at radius 3 is 2.52 bits per heavy atom. The van der Waals surface area contributed by atoms with Crippen LogP contribution in [0.1, 0.15) is 11.4 Å². The SMILES string of the molecule is Cc1nc2ccccc2nc1Nc1nc(CN(C)C)cs1. The van der Waals surface area contributed by atoms with Crippen molar-refractivity contribution in [3.8, 4) is 0 Å². The van der Waals surface area contributed by atoms with E-state index in [1.165, 1.54) is 0 Å². The van der Waals surface area contributed by atoms with E-state index < -0.39 is 0 Å². The normalized spacial score (nSPS) is 11.2. The van der Waals surface area contributed by atoms with Crippen molar-refractivity contribution in [3.05, 3.63) is 41.0 Å². The molecule has 0 atom stereocenters. The first-order valence-corrected chi connectivity index (χ1v) is 7.59. The second kappa shape index (κ2) is 5.75. The molecule has 3 aromatic rings. The molecule has 0 aliphatic carbocycles. The zero-order valence-electron chi connectivity index (χ0n) is 12.3. The van der Waals surface area contributed by atoms with Gasteiger partial charge in [0.05, 0.1) is 22.4 Å². The van der Waals surface area contributed by atoms with E-state index in [0.29, 0.717) is 0 Å². The van der Waals surface area contributed by atoms with Gasteiger partial charge in [0.25, 0.3) is 0 Å². The number of aromatic nitrogens is 3. The minimum atomic E-state index is 0.763. The summed E-state index contributed by atoms with van der Waals surface area (Å²) < 4.78 is 0. The highest BCUT2D eigenvalue weighted by atomic mass is 32.1.